The molecule has 0 saturated heterocycles. The summed E-state index contributed by atoms with van der Waals surface area (Å²) in [5.74, 6) is -1.21. The Bertz CT molecular complexity index is 968. The monoisotopic (exact) mass is 381 g/mol. The molecule has 7 heteroatoms. The van der Waals surface area contributed by atoms with Crippen LogP contribution in [0.25, 0.3) is 10.9 Å². The number of aromatic nitrogens is 1. The van der Waals surface area contributed by atoms with Gasteiger partial charge in [0.1, 0.15) is 12.4 Å². The number of nitrogens with zero attached hydrogens (tertiary/aromatic N) is 1. The molecule has 0 fully saturated rings. The Balaban J connectivity index is 2.10. The molecule has 2 atom stereocenters. The van der Waals surface area contributed by atoms with Crippen molar-refractivity contribution in [1.29, 1.82) is 0 Å². The van der Waals surface area contributed by atoms with Crippen LogP contribution in [0.4, 0.5) is 0 Å². The van der Waals surface area contributed by atoms with Gasteiger partial charge >= 0.3 is 0 Å². The molecule has 7 nitrogen and oxygen atoms in total. The van der Waals surface area contributed by atoms with E-state index in [1.165, 1.54) is 7.11 Å². The van der Waals surface area contributed by atoms with Crippen molar-refractivity contribution in [3.8, 4) is 0 Å². The maximum absolute atomic E-state index is 12.5. The van der Waals surface area contributed by atoms with Crippen LogP contribution in [0.3, 0.4) is 0 Å². The van der Waals surface area contributed by atoms with Gasteiger partial charge in [0.2, 0.25) is 0 Å². The van der Waals surface area contributed by atoms with Gasteiger partial charge in [-0.2, -0.15) is 0 Å². The molecule has 2 unspecified atom stereocenters. The molecule has 4 N–H and O–H groups in total. The second-order valence-corrected chi connectivity index (χ2v) is 6.50. The fourth-order valence-electron chi connectivity index (χ4n) is 3.35. The van der Waals surface area contributed by atoms with Crippen LogP contribution in [0.1, 0.15) is 22.1 Å². The molecule has 28 heavy (non-hydrogen) atoms. The SMILES string of the molecule is COCNC(=O)C(O)C(Cc1ccccc1)n1c(C(N)=O)cc2ccccc21. The Kier molecular flexibility index (Phi) is 6.08. The molecule has 0 bridgehead atoms. The number of aliphatic hydroxyl groups excluding tert-OH is 1. The highest BCUT2D eigenvalue weighted by Crippen LogP contribution is 2.29. The Labute approximate surface area is 162 Å². The molecule has 2 amide bonds. The maximum Gasteiger partial charge on any atom is 0.265 e. The van der Waals surface area contributed by atoms with Crippen molar-refractivity contribution in [2.45, 2.75) is 18.6 Å². The van der Waals surface area contributed by atoms with E-state index in [4.69, 9.17) is 10.5 Å². The van der Waals surface area contributed by atoms with Crippen LogP contribution in [-0.4, -0.2) is 41.4 Å². The van der Waals surface area contributed by atoms with Crippen molar-refractivity contribution < 1.29 is 19.4 Å². The normalized spacial score (nSPS) is 13.2. The molecule has 0 radical (unpaired) electrons. The lowest BCUT2D eigenvalue weighted by molar-refractivity contribution is -0.133. The van der Waals surface area contributed by atoms with Crippen LogP contribution < -0.4 is 11.1 Å². The van der Waals surface area contributed by atoms with Crippen LogP contribution >= 0.6 is 0 Å². The molecule has 146 valence electrons. The topological polar surface area (TPSA) is 107 Å². The summed E-state index contributed by atoms with van der Waals surface area (Å²) >= 11 is 0. The predicted octanol–water partition coefficient (Wildman–Crippen LogP) is 1.60. The van der Waals surface area contributed by atoms with Crippen molar-refractivity contribution in [2.75, 3.05) is 13.8 Å². The minimum Gasteiger partial charge on any atom is -0.381 e. The molecule has 1 aromatic heterocycles. The van der Waals surface area contributed by atoms with Crippen LogP contribution in [0, 0.1) is 0 Å². The van der Waals surface area contributed by atoms with E-state index in [0.29, 0.717) is 6.42 Å². The highest BCUT2D eigenvalue weighted by molar-refractivity contribution is 5.98. The molecule has 3 rings (SSSR count). The predicted molar refractivity (Wildman–Crippen MR) is 106 cm³/mol. The number of amides is 2. The number of benzene rings is 2. The number of carbonyl (C=O) groups excluding carboxylic acids is 2. The summed E-state index contributed by atoms with van der Waals surface area (Å²) in [5.41, 5.74) is 7.48. The van der Waals surface area contributed by atoms with E-state index in [1.54, 1.807) is 10.6 Å². The maximum atomic E-state index is 12.5. The number of ether oxygens (including phenoxy) is 1. The van der Waals surface area contributed by atoms with Crippen molar-refractivity contribution in [1.82, 2.24) is 9.88 Å². The molecule has 0 aliphatic carbocycles. The van der Waals surface area contributed by atoms with Crippen molar-refractivity contribution >= 4 is 22.7 Å². The Morgan fingerprint density at radius 3 is 2.50 bits per heavy atom. The molecule has 0 spiro atoms. The van der Waals surface area contributed by atoms with Gasteiger partial charge in [-0.3, -0.25) is 9.59 Å². The van der Waals surface area contributed by atoms with Gasteiger partial charge in [0.05, 0.1) is 6.04 Å². The number of nitrogens with one attached hydrogen (secondary N) is 1. The Morgan fingerprint density at radius 2 is 1.82 bits per heavy atom. The summed E-state index contributed by atoms with van der Waals surface area (Å²) in [6, 6.07) is 17.8. The second kappa shape index (κ2) is 8.69. The molecule has 0 aliphatic rings. The van der Waals surface area contributed by atoms with E-state index in [-0.39, 0.29) is 12.4 Å². The lowest BCUT2D eigenvalue weighted by atomic mass is 9.99. The summed E-state index contributed by atoms with van der Waals surface area (Å²) < 4.78 is 6.51. The fraction of sp³-hybridized carbons (Fsp3) is 0.238. The van der Waals surface area contributed by atoms with Crippen LogP contribution in [0.15, 0.2) is 60.7 Å². The van der Waals surface area contributed by atoms with E-state index in [1.807, 2.05) is 54.6 Å². The first-order valence-corrected chi connectivity index (χ1v) is 8.91. The van der Waals surface area contributed by atoms with Gasteiger partial charge < -0.3 is 25.5 Å². The number of para-hydroxylation sites is 1. The first-order chi connectivity index (χ1) is 13.5. The molecule has 0 saturated carbocycles. The lowest BCUT2D eigenvalue weighted by Gasteiger charge is -2.26. The molecule has 2 aromatic carbocycles. The molecular weight excluding hydrogens is 358 g/mol. The third kappa shape index (κ3) is 4.05. The van der Waals surface area contributed by atoms with E-state index in [0.717, 1.165) is 16.5 Å². The van der Waals surface area contributed by atoms with Crippen molar-refractivity contribution in [2.24, 2.45) is 5.73 Å². The minimum absolute atomic E-state index is 0.0247. The summed E-state index contributed by atoms with van der Waals surface area (Å²) in [5, 5.41) is 14.2. The summed E-state index contributed by atoms with van der Waals surface area (Å²) in [6.45, 7) is -0.0247. The fourth-order valence-corrected chi connectivity index (χ4v) is 3.35. The molecular formula is C21H23N3O4. The number of hydrogen-bond acceptors (Lipinski definition) is 4. The average molecular weight is 381 g/mol. The van der Waals surface area contributed by atoms with Gasteiger partial charge in [-0.25, -0.2) is 0 Å². The Hall–Kier alpha value is -3.16. The van der Waals surface area contributed by atoms with E-state index >= 15 is 0 Å². The first kappa shape index (κ1) is 19.6. The van der Waals surface area contributed by atoms with Gasteiger partial charge in [0.15, 0.2) is 6.10 Å². The number of carbonyl (C=O) groups is 2. The third-order valence-electron chi connectivity index (χ3n) is 4.64. The van der Waals surface area contributed by atoms with E-state index in [9.17, 15) is 14.7 Å². The standard InChI is InChI=1S/C21H23N3O4/c1-28-13-23-21(27)19(25)17(11-14-7-3-2-4-8-14)24-16-10-6-5-9-15(16)12-18(24)20(22)26/h2-10,12,17,19,25H,11,13H2,1H3,(H2,22,26)(H,23,27). The largest absolute Gasteiger partial charge is 0.381 e. The van der Waals surface area contributed by atoms with Crippen LogP contribution in [0.5, 0.6) is 0 Å². The zero-order valence-electron chi connectivity index (χ0n) is 15.5. The number of aliphatic hydroxyl groups is 1. The Morgan fingerprint density at radius 1 is 1.14 bits per heavy atom. The molecule has 0 aliphatic heterocycles. The van der Waals surface area contributed by atoms with Gasteiger partial charge in [0, 0.05) is 18.0 Å². The number of nitrogens with two attached hydrogens (primary N) is 1. The quantitative estimate of drug-likeness (QED) is 0.515. The summed E-state index contributed by atoms with van der Waals surface area (Å²) in [4.78, 5) is 24.6. The van der Waals surface area contributed by atoms with E-state index < -0.39 is 24.0 Å². The number of fused-ring (bicyclic) bond motifs is 1. The molecule has 1 heterocycles. The average Bonchev–Trinajstić information content (AvgIpc) is 3.10. The zero-order valence-corrected chi connectivity index (χ0v) is 15.5. The minimum atomic E-state index is -1.41. The first-order valence-electron chi connectivity index (χ1n) is 8.91. The lowest BCUT2D eigenvalue weighted by Crippen LogP contribution is -2.42. The number of methoxy groups -OCH3 is 1. The van der Waals surface area contributed by atoms with Gasteiger partial charge in [0.25, 0.3) is 11.8 Å². The van der Waals surface area contributed by atoms with E-state index in [2.05, 4.69) is 5.32 Å². The van der Waals surface area contributed by atoms with Crippen molar-refractivity contribution in [3.05, 3.63) is 71.9 Å². The number of hydrogen-bond donors (Lipinski definition) is 3. The smallest absolute Gasteiger partial charge is 0.265 e. The summed E-state index contributed by atoms with van der Waals surface area (Å²) in [7, 11) is 1.44. The highest BCUT2D eigenvalue weighted by atomic mass is 16.5. The second-order valence-electron chi connectivity index (χ2n) is 6.50. The zero-order chi connectivity index (χ0) is 20.1. The van der Waals surface area contributed by atoms with Gasteiger partial charge in [-0.15, -0.1) is 0 Å². The van der Waals surface area contributed by atoms with Crippen LogP contribution in [0.2, 0.25) is 0 Å². The highest BCUT2D eigenvalue weighted by Gasteiger charge is 2.31. The molecule has 3 aromatic rings. The van der Waals surface area contributed by atoms with Crippen LogP contribution in [-0.2, 0) is 16.0 Å². The number of rotatable bonds is 8. The van der Waals surface area contributed by atoms with Crippen molar-refractivity contribution in [3.63, 3.8) is 0 Å². The number of primary amides is 1. The van der Waals surface area contributed by atoms with Gasteiger partial charge in [-0.1, -0.05) is 48.5 Å². The third-order valence-corrected chi connectivity index (χ3v) is 4.64. The summed E-state index contributed by atoms with van der Waals surface area (Å²) in [6.07, 6.45) is -1.08. The van der Waals surface area contributed by atoms with Gasteiger partial charge in [-0.05, 0) is 24.1 Å².